The predicted octanol–water partition coefficient (Wildman–Crippen LogP) is 4.02. The third-order valence-electron chi connectivity index (χ3n) is 3.57. The number of carbonyl (C=O) groups is 1. The number of amides is 1. The SMILES string of the molecule is CC(C)(C)C(CCN)CCC(=O)Nc1cccc(I)c1. The van der Waals surface area contributed by atoms with Gasteiger partial charge in [0, 0.05) is 15.7 Å². The van der Waals surface area contributed by atoms with Crippen molar-refractivity contribution in [3.05, 3.63) is 27.8 Å². The molecular formula is C16H25IN2O. The van der Waals surface area contributed by atoms with Crippen molar-refractivity contribution in [1.29, 1.82) is 0 Å². The van der Waals surface area contributed by atoms with Crippen molar-refractivity contribution < 1.29 is 4.79 Å². The number of halogens is 1. The summed E-state index contributed by atoms with van der Waals surface area (Å²) >= 11 is 2.24. The Morgan fingerprint density at radius 3 is 2.60 bits per heavy atom. The van der Waals surface area contributed by atoms with Crippen molar-refractivity contribution in [3.63, 3.8) is 0 Å². The van der Waals surface area contributed by atoms with Crippen LogP contribution in [-0.4, -0.2) is 12.5 Å². The zero-order valence-electron chi connectivity index (χ0n) is 12.6. The van der Waals surface area contributed by atoms with E-state index >= 15 is 0 Å². The first-order valence-corrected chi connectivity index (χ1v) is 8.16. The summed E-state index contributed by atoms with van der Waals surface area (Å²) in [7, 11) is 0. The molecule has 112 valence electrons. The van der Waals surface area contributed by atoms with Crippen molar-refractivity contribution in [1.82, 2.24) is 0 Å². The molecule has 4 heteroatoms. The fourth-order valence-corrected chi connectivity index (χ4v) is 2.85. The van der Waals surface area contributed by atoms with Gasteiger partial charge in [0.05, 0.1) is 0 Å². The van der Waals surface area contributed by atoms with Crippen LogP contribution in [0.2, 0.25) is 0 Å². The van der Waals surface area contributed by atoms with Crippen LogP contribution in [0, 0.1) is 14.9 Å². The molecule has 1 aromatic carbocycles. The lowest BCUT2D eigenvalue weighted by molar-refractivity contribution is -0.116. The standard InChI is InChI=1S/C16H25IN2O/c1-16(2,3)12(9-10-18)7-8-15(20)19-14-6-4-5-13(17)11-14/h4-6,11-12H,7-10,18H2,1-3H3,(H,19,20). The molecule has 0 aliphatic carbocycles. The molecule has 0 bridgehead atoms. The Morgan fingerprint density at radius 2 is 2.05 bits per heavy atom. The molecule has 0 radical (unpaired) electrons. The van der Waals surface area contributed by atoms with Crippen LogP contribution in [0.1, 0.15) is 40.0 Å². The zero-order chi connectivity index (χ0) is 15.2. The van der Waals surface area contributed by atoms with E-state index in [2.05, 4.69) is 48.7 Å². The monoisotopic (exact) mass is 388 g/mol. The summed E-state index contributed by atoms with van der Waals surface area (Å²) in [5, 5.41) is 2.96. The van der Waals surface area contributed by atoms with Crippen LogP contribution in [0.15, 0.2) is 24.3 Å². The first-order chi connectivity index (χ1) is 9.32. The third kappa shape index (κ3) is 6.22. The molecule has 1 amide bonds. The van der Waals surface area contributed by atoms with Crippen molar-refractivity contribution >= 4 is 34.2 Å². The van der Waals surface area contributed by atoms with Gasteiger partial charge >= 0.3 is 0 Å². The van der Waals surface area contributed by atoms with Crippen molar-refractivity contribution in [3.8, 4) is 0 Å². The fourth-order valence-electron chi connectivity index (χ4n) is 2.31. The van der Waals surface area contributed by atoms with E-state index in [-0.39, 0.29) is 11.3 Å². The highest BCUT2D eigenvalue weighted by molar-refractivity contribution is 14.1. The molecule has 0 spiro atoms. The predicted molar refractivity (Wildman–Crippen MR) is 93.6 cm³/mol. The quantitative estimate of drug-likeness (QED) is 0.724. The van der Waals surface area contributed by atoms with E-state index < -0.39 is 0 Å². The van der Waals surface area contributed by atoms with Gasteiger partial charge in [-0.3, -0.25) is 4.79 Å². The molecule has 1 aromatic rings. The van der Waals surface area contributed by atoms with E-state index in [9.17, 15) is 4.79 Å². The second-order valence-corrected chi connectivity index (χ2v) is 7.48. The van der Waals surface area contributed by atoms with Gasteiger partial charge in [0.2, 0.25) is 5.91 Å². The summed E-state index contributed by atoms with van der Waals surface area (Å²) < 4.78 is 1.12. The summed E-state index contributed by atoms with van der Waals surface area (Å²) in [5.41, 5.74) is 6.74. The Kier molecular flexibility index (Phi) is 6.95. The average molecular weight is 388 g/mol. The number of benzene rings is 1. The lowest BCUT2D eigenvalue weighted by atomic mass is 9.76. The van der Waals surface area contributed by atoms with Gasteiger partial charge in [-0.05, 0) is 71.5 Å². The van der Waals surface area contributed by atoms with Gasteiger partial charge < -0.3 is 11.1 Å². The largest absolute Gasteiger partial charge is 0.330 e. The van der Waals surface area contributed by atoms with Crippen LogP contribution in [0.3, 0.4) is 0 Å². The van der Waals surface area contributed by atoms with E-state index in [4.69, 9.17) is 5.73 Å². The molecule has 3 N–H and O–H groups in total. The normalized spacial score (nSPS) is 13.1. The van der Waals surface area contributed by atoms with Gasteiger partial charge in [-0.1, -0.05) is 26.8 Å². The molecular weight excluding hydrogens is 363 g/mol. The van der Waals surface area contributed by atoms with Gasteiger partial charge in [-0.15, -0.1) is 0 Å². The van der Waals surface area contributed by atoms with Crippen LogP contribution >= 0.6 is 22.6 Å². The summed E-state index contributed by atoms with van der Waals surface area (Å²) in [6, 6.07) is 7.84. The number of hydrogen-bond acceptors (Lipinski definition) is 2. The molecule has 0 aliphatic rings. The summed E-state index contributed by atoms with van der Waals surface area (Å²) in [6.45, 7) is 7.32. The van der Waals surface area contributed by atoms with E-state index in [0.717, 1.165) is 22.1 Å². The molecule has 0 fully saturated rings. The summed E-state index contributed by atoms with van der Waals surface area (Å²) in [4.78, 5) is 12.0. The topological polar surface area (TPSA) is 55.1 Å². The van der Waals surface area contributed by atoms with Crippen LogP contribution < -0.4 is 11.1 Å². The highest BCUT2D eigenvalue weighted by atomic mass is 127. The molecule has 0 saturated heterocycles. The Morgan fingerprint density at radius 1 is 1.35 bits per heavy atom. The van der Waals surface area contributed by atoms with E-state index in [1.165, 1.54) is 0 Å². The number of rotatable bonds is 6. The molecule has 0 aromatic heterocycles. The highest BCUT2D eigenvalue weighted by Gasteiger charge is 2.24. The molecule has 1 unspecified atom stereocenters. The van der Waals surface area contributed by atoms with Crippen molar-refractivity contribution in [2.75, 3.05) is 11.9 Å². The lowest BCUT2D eigenvalue weighted by Gasteiger charge is -2.30. The maximum Gasteiger partial charge on any atom is 0.224 e. The maximum atomic E-state index is 12.0. The van der Waals surface area contributed by atoms with E-state index in [1.807, 2.05) is 24.3 Å². The van der Waals surface area contributed by atoms with Gasteiger partial charge in [0.25, 0.3) is 0 Å². The van der Waals surface area contributed by atoms with Crippen LogP contribution in [-0.2, 0) is 4.79 Å². The zero-order valence-corrected chi connectivity index (χ0v) is 14.7. The molecule has 0 heterocycles. The highest BCUT2D eigenvalue weighted by Crippen LogP contribution is 2.32. The van der Waals surface area contributed by atoms with E-state index in [0.29, 0.717) is 18.9 Å². The Labute approximate surface area is 135 Å². The molecule has 1 rings (SSSR count). The third-order valence-corrected chi connectivity index (χ3v) is 4.24. The Hall–Kier alpha value is -0.620. The minimum atomic E-state index is 0.0817. The summed E-state index contributed by atoms with van der Waals surface area (Å²) in [5.74, 6) is 0.562. The van der Waals surface area contributed by atoms with E-state index in [1.54, 1.807) is 0 Å². The van der Waals surface area contributed by atoms with Gasteiger partial charge in [0.1, 0.15) is 0 Å². The van der Waals surface area contributed by atoms with Crippen LogP contribution in [0.5, 0.6) is 0 Å². The number of carbonyl (C=O) groups excluding carboxylic acids is 1. The minimum Gasteiger partial charge on any atom is -0.330 e. The smallest absolute Gasteiger partial charge is 0.224 e. The van der Waals surface area contributed by atoms with Crippen molar-refractivity contribution in [2.24, 2.45) is 17.1 Å². The number of nitrogens with two attached hydrogens (primary N) is 1. The Bertz CT molecular complexity index is 440. The van der Waals surface area contributed by atoms with Crippen LogP contribution in [0.25, 0.3) is 0 Å². The van der Waals surface area contributed by atoms with Gasteiger partial charge in [-0.2, -0.15) is 0 Å². The number of anilines is 1. The van der Waals surface area contributed by atoms with Gasteiger partial charge in [0.15, 0.2) is 0 Å². The first-order valence-electron chi connectivity index (χ1n) is 7.08. The maximum absolute atomic E-state index is 12.0. The second kappa shape index (κ2) is 7.98. The molecule has 3 nitrogen and oxygen atoms in total. The number of nitrogens with one attached hydrogen (secondary N) is 1. The fraction of sp³-hybridized carbons (Fsp3) is 0.562. The molecule has 0 saturated carbocycles. The first kappa shape index (κ1) is 17.4. The molecule has 1 atom stereocenters. The second-order valence-electron chi connectivity index (χ2n) is 6.24. The summed E-state index contributed by atoms with van der Waals surface area (Å²) in [6.07, 6.45) is 2.41. The lowest BCUT2D eigenvalue weighted by Crippen LogP contribution is -2.25. The molecule has 20 heavy (non-hydrogen) atoms. The van der Waals surface area contributed by atoms with Crippen molar-refractivity contribution in [2.45, 2.75) is 40.0 Å². The van der Waals surface area contributed by atoms with Gasteiger partial charge in [-0.25, -0.2) is 0 Å². The van der Waals surface area contributed by atoms with Crippen LogP contribution in [0.4, 0.5) is 5.69 Å². The average Bonchev–Trinajstić information content (AvgIpc) is 2.33. The Balaban J connectivity index is 2.50. The molecule has 0 aliphatic heterocycles. The minimum absolute atomic E-state index is 0.0817. The number of hydrogen-bond donors (Lipinski definition) is 2.